The van der Waals surface area contributed by atoms with Gasteiger partial charge in [0.05, 0.1) is 18.2 Å². The van der Waals surface area contributed by atoms with Crippen molar-refractivity contribution in [3.8, 4) is 0 Å². The molecule has 0 aliphatic carbocycles. The average molecular weight is 519 g/mol. The number of aryl methyl sites for hydroxylation is 1. The van der Waals surface area contributed by atoms with Gasteiger partial charge in [0.15, 0.2) is 0 Å². The van der Waals surface area contributed by atoms with Gasteiger partial charge in [0, 0.05) is 23.4 Å². The zero-order valence-electron chi connectivity index (χ0n) is 18.2. The lowest BCUT2D eigenvalue weighted by Gasteiger charge is -2.33. The Bertz CT molecular complexity index is 1080. The second kappa shape index (κ2) is 10.7. The number of halogens is 5. The number of carbonyl (C=O) groups excluding carboxylic acids is 1. The number of ether oxygens (including phenoxy) is 1. The van der Waals surface area contributed by atoms with E-state index in [2.05, 4.69) is 0 Å². The fraction of sp³-hybridized carbons (Fsp3) is 0.391. The Morgan fingerprint density at radius 1 is 1.20 bits per heavy atom. The van der Waals surface area contributed by atoms with Crippen LogP contribution in [0.15, 0.2) is 48.6 Å². The number of hydrogen-bond donors (Lipinski definition) is 2. The lowest BCUT2D eigenvalue weighted by molar-refractivity contribution is -0.138. The highest BCUT2D eigenvalue weighted by molar-refractivity contribution is 7.13. The molecule has 2 unspecified atom stereocenters. The number of benzene rings is 1. The number of aliphatic hydroxyl groups is 1. The summed E-state index contributed by atoms with van der Waals surface area (Å²) in [6.45, 7) is 0.228. The molecule has 0 radical (unpaired) electrons. The molecule has 3 rings (SSSR count). The zero-order valence-corrected chi connectivity index (χ0v) is 19.0. The first kappa shape index (κ1) is 26.6. The number of cyclic esters (lactones) is 1. The summed E-state index contributed by atoms with van der Waals surface area (Å²) in [5.74, 6) is -5.04. The van der Waals surface area contributed by atoms with E-state index in [-0.39, 0.29) is 24.4 Å². The molecule has 1 aliphatic heterocycles. The fourth-order valence-corrected chi connectivity index (χ4v) is 4.47. The van der Waals surface area contributed by atoms with Crippen LogP contribution in [0.25, 0.3) is 0 Å². The molecule has 0 saturated carbocycles. The minimum absolute atomic E-state index is 0.0390. The first-order valence-corrected chi connectivity index (χ1v) is 11.4. The fourth-order valence-electron chi connectivity index (χ4n) is 3.58. The van der Waals surface area contributed by atoms with Gasteiger partial charge in [-0.2, -0.15) is 22.0 Å². The number of rotatable bonds is 9. The summed E-state index contributed by atoms with van der Waals surface area (Å²) in [4.78, 5) is 25.5. The molecular weight excluding hydrogens is 497 g/mol. The Kier molecular flexibility index (Phi) is 8.16. The summed E-state index contributed by atoms with van der Waals surface area (Å²) < 4.78 is 73.0. The molecule has 1 saturated heterocycles. The second-order valence-corrected chi connectivity index (χ2v) is 9.04. The van der Waals surface area contributed by atoms with Crippen molar-refractivity contribution < 1.29 is 46.5 Å². The summed E-state index contributed by atoms with van der Waals surface area (Å²) in [7, 11) is 0. The van der Waals surface area contributed by atoms with E-state index >= 15 is 0 Å². The minimum Gasteiger partial charge on any atom is -0.477 e. The number of nitrogens with zero attached hydrogens (tertiary/aromatic N) is 1. The molecule has 2 atom stereocenters. The molecule has 1 aliphatic rings. The Balaban J connectivity index is 1.66. The van der Waals surface area contributed by atoms with Crippen molar-refractivity contribution in [2.24, 2.45) is 0 Å². The molecule has 1 aromatic heterocycles. The van der Waals surface area contributed by atoms with Gasteiger partial charge in [-0.1, -0.05) is 24.3 Å². The number of hydrogen-bond acceptors (Lipinski definition) is 5. The van der Waals surface area contributed by atoms with E-state index in [1.165, 1.54) is 17.0 Å². The van der Waals surface area contributed by atoms with Crippen LogP contribution >= 0.6 is 11.3 Å². The molecule has 12 heteroatoms. The summed E-state index contributed by atoms with van der Waals surface area (Å²) in [6.07, 6.45) is -4.71. The van der Waals surface area contributed by atoms with Gasteiger partial charge in [-0.15, -0.1) is 11.3 Å². The van der Waals surface area contributed by atoms with Crippen molar-refractivity contribution in [3.63, 3.8) is 0 Å². The van der Waals surface area contributed by atoms with E-state index in [0.717, 1.165) is 34.4 Å². The van der Waals surface area contributed by atoms with Crippen LogP contribution in [-0.4, -0.2) is 52.5 Å². The van der Waals surface area contributed by atoms with Gasteiger partial charge in [0.1, 0.15) is 11.0 Å². The largest absolute Gasteiger partial charge is 0.477 e. The van der Waals surface area contributed by atoms with Crippen LogP contribution in [0, 0.1) is 0 Å². The van der Waals surface area contributed by atoms with Crippen molar-refractivity contribution in [2.45, 2.75) is 43.5 Å². The van der Waals surface area contributed by atoms with Crippen molar-refractivity contribution in [3.05, 3.63) is 69.4 Å². The molecule has 35 heavy (non-hydrogen) atoms. The Labute approximate surface area is 201 Å². The van der Waals surface area contributed by atoms with E-state index in [9.17, 15) is 36.6 Å². The number of carboxylic acids is 1. The third-order valence-electron chi connectivity index (χ3n) is 5.43. The van der Waals surface area contributed by atoms with E-state index < -0.39 is 47.4 Å². The van der Waals surface area contributed by atoms with Crippen LogP contribution in [0.5, 0.6) is 0 Å². The standard InChI is InChI=1S/C23H22F5NO5S/c24-22(25,14-3-1-4-15(13-14)23(26,27)28)19(30)9-6-16-10-12-34-21(33)29(16)11-2-5-17-7-8-18(35-17)20(31)32/h1,3-4,6-9,13,16,19,30H,2,5,10-12H2,(H,31,32). The van der Waals surface area contributed by atoms with Gasteiger partial charge in [-0.25, -0.2) is 9.59 Å². The maximum absolute atomic E-state index is 14.7. The van der Waals surface area contributed by atoms with Gasteiger partial charge in [0.25, 0.3) is 0 Å². The van der Waals surface area contributed by atoms with Gasteiger partial charge in [0.2, 0.25) is 0 Å². The van der Waals surface area contributed by atoms with Crippen LogP contribution in [0.3, 0.4) is 0 Å². The maximum atomic E-state index is 14.7. The zero-order chi connectivity index (χ0) is 25.8. The van der Waals surface area contributed by atoms with E-state index in [1.54, 1.807) is 6.07 Å². The van der Waals surface area contributed by atoms with Gasteiger partial charge < -0.3 is 19.8 Å². The average Bonchev–Trinajstić information content (AvgIpc) is 3.27. The molecule has 6 nitrogen and oxygen atoms in total. The topological polar surface area (TPSA) is 87.1 Å². The number of carbonyl (C=O) groups is 2. The van der Waals surface area contributed by atoms with Crippen molar-refractivity contribution in [1.82, 2.24) is 4.90 Å². The number of aliphatic hydroxyl groups excluding tert-OH is 1. The lowest BCUT2D eigenvalue weighted by Crippen LogP contribution is -2.45. The molecule has 1 fully saturated rings. The first-order valence-electron chi connectivity index (χ1n) is 10.6. The molecule has 190 valence electrons. The predicted molar refractivity (Wildman–Crippen MR) is 117 cm³/mol. The minimum atomic E-state index is -4.81. The van der Waals surface area contributed by atoms with Gasteiger partial charge in [-0.05, 0) is 37.1 Å². The predicted octanol–water partition coefficient (Wildman–Crippen LogP) is 5.32. The van der Waals surface area contributed by atoms with Crippen LogP contribution < -0.4 is 0 Å². The van der Waals surface area contributed by atoms with Crippen molar-refractivity contribution in [2.75, 3.05) is 13.2 Å². The normalized spacial score (nSPS) is 18.1. The maximum Gasteiger partial charge on any atom is 0.416 e. The highest BCUT2D eigenvalue weighted by Gasteiger charge is 2.41. The molecule has 1 aromatic carbocycles. The SMILES string of the molecule is O=C(O)c1ccc(CCCN2C(=O)OCCC2C=CC(O)C(F)(F)c2cccc(C(F)(F)F)c2)s1. The molecule has 2 heterocycles. The number of aromatic carboxylic acids is 1. The van der Waals surface area contributed by atoms with E-state index in [0.29, 0.717) is 25.0 Å². The monoisotopic (exact) mass is 519 g/mol. The van der Waals surface area contributed by atoms with Crippen molar-refractivity contribution >= 4 is 23.4 Å². The van der Waals surface area contributed by atoms with Crippen LogP contribution in [0.2, 0.25) is 0 Å². The molecule has 1 amide bonds. The summed E-state index contributed by atoms with van der Waals surface area (Å²) in [5, 5.41) is 19.1. The lowest BCUT2D eigenvalue weighted by atomic mass is 9.99. The molecular formula is C23H22F5NO5S. The van der Waals surface area contributed by atoms with Crippen LogP contribution in [-0.2, 0) is 23.3 Å². The number of thiophene rings is 1. The Hall–Kier alpha value is -2.99. The molecule has 0 spiro atoms. The van der Waals surface area contributed by atoms with E-state index in [4.69, 9.17) is 9.84 Å². The van der Waals surface area contributed by atoms with Crippen LogP contribution in [0.1, 0.15) is 38.5 Å². The van der Waals surface area contributed by atoms with Crippen molar-refractivity contribution in [1.29, 1.82) is 0 Å². The summed E-state index contributed by atoms with van der Waals surface area (Å²) >= 11 is 1.11. The Morgan fingerprint density at radius 3 is 2.57 bits per heavy atom. The molecule has 0 bridgehead atoms. The third kappa shape index (κ3) is 6.57. The quantitative estimate of drug-likeness (QED) is 0.346. The van der Waals surface area contributed by atoms with Gasteiger partial charge >= 0.3 is 24.2 Å². The van der Waals surface area contributed by atoms with E-state index in [1.807, 2.05) is 0 Å². The Morgan fingerprint density at radius 2 is 1.91 bits per heavy atom. The number of amides is 1. The highest BCUT2D eigenvalue weighted by Crippen LogP contribution is 2.37. The smallest absolute Gasteiger partial charge is 0.416 e. The second-order valence-electron chi connectivity index (χ2n) is 7.87. The number of alkyl halides is 5. The highest BCUT2D eigenvalue weighted by atomic mass is 32.1. The first-order chi connectivity index (χ1) is 16.4. The molecule has 2 aromatic rings. The number of carboxylic acid groups (broad SMARTS) is 1. The summed E-state index contributed by atoms with van der Waals surface area (Å²) in [5.41, 5.74) is -2.24. The summed E-state index contributed by atoms with van der Waals surface area (Å²) in [6, 6.07) is 5.08. The molecule has 2 N–H and O–H groups in total. The third-order valence-corrected chi connectivity index (χ3v) is 6.56. The van der Waals surface area contributed by atoms with Crippen LogP contribution in [0.4, 0.5) is 26.7 Å². The van der Waals surface area contributed by atoms with Gasteiger partial charge in [-0.3, -0.25) is 0 Å².